The lowest BCUT2D eigenvalue weighted by atomic mass is 9.99. The number of Topliss-reactive ketones (excluding diaryl/α,β-unsaturated/α-hetero) is 1. The summed E-state index contributed by atoms with van der Waals surface area (Å²) < 4.78 is 0. The van der Waals surface area contributed by atoms with Crippen LogP contribution in [0, 0.1) is 11.8 Å². The van der Waals surface area contributed by atoms with E-state index in [-0.39, 0.29) is 5.92 Å². The first kappa shape index (κ1) is 5.90. The van der Waals surface area contributed by atoms with Crippen LogP contribution in [0.2, 0.25) is 0 Å². The van der Waals surface area contributed by atoms with Crippen molar-refractivity contribution in [1.29, 1.82) is 0 Å². The zero-order chi connectivity index (χ0) is 6.97. The summed E-state index contributed by atoms with van der Waals surface area (Å²) in [5, 5.41) is 0. The molecular formula is C9H10O. The average molecular weight is 134 g/mol. The summed E-state index contributed by atoms with van der Waals surface area (Å²) in [5.74, 6) is 1.04. The van der Waals surface area contributed by atoms with E-state index >= 15 is 0 Å². The largest absolute Gasteiger partial charge is 0.299 e. The second kappa shape index (κ2) is 2.08. The number of hydrogen-bond donors (Lipinski definition) is 0. The molecule has 0 saturated heterocycles. The highest BCUT2D eigenvalue weighted by molar-refractivity contribution is 5.85. The standard InChI is InChI=1S/C9H10O/c10-9-6-3-7-1-4-8(9)5-2-7/h1-2,4-5,7-8H,3,6H2. The van der Waals surface area contributed by atoms with Crippen molar-refractivity contribution in [2.24, 2.45) is 11.8 Å². The Morgan fingerprint density at radius 2 is 1.90 bits per heavy atom. The first-order chi connectivity index (χ1) is 4.86. The zero-order valence-corrected chi connectivity index (χ0v) is 5.79. The molecule has 0 atom stereocenters. The lowest BCUT2D eigenvalue weighted by molar-refractivity contribution is -0.120. The molecule has 2 bridgehead atoms. The molecule has 0 spiro atoms. The summed E-state index contributed by atoms with van der Waals surface area (Å²) in [7, 11) is 0. The molecule has 52 valence electrons. The molecule has 3 rings (SSSR count). The Morgan fingerprint density at radius 3 is 2.60 bits per heavy atom. The van der Waals surface area contributed by atoms with Gasteiger partial charge in [0.2, 0.25) is 0 Å². The Balaban J connectivity index is 2.32. The molecule has 0 saturated carbocycles. The zero-order valence-electron chi connectivity index (χ0n) is 5.79. The molecule has 3 aliphatic rings. The Kier molecular flexibility index (Phi) is 1.23. The van der Waals surface area contributed by atoms with Crippen LogP contribution in [0.5, 0.6) is 0 Å². The number of rotatable bonds is 0. The van der Waals surface area contributed by atoms with Crippen LogP contribution >= 0.6 is 0 Å². The van der Waals surface area contributed by atoms with E-state index in [4.69, 9.17) is 0 Å². The number of allylic oxidation sites excluding steroid dienone is 4. The van der Waals surface area contributed by atoms with Crippen LogP contribution in [0.15, 0.2) is 24.3 Å². The van der Waals surface area contributed by atoms with Gasteiger partial charge in [0.25, 0.3) is 0 Å². The summed E-state index contributed by atoms with van der Waals surface area (Å²) in [5.41, 5.74) is 0. The second-order valence-electron chi connectivity index (χ2n) is 2.96. The van der Waals surface area contributed by atoms with Gasteiger partial charge in [-0.2, -0.15) is 0 Å². The van der Waals surface area contributed by atoms with Crippen molar-refractivity contribution < 1.29 is 4.79 Å². The van der Waals surface area contributed by atoms with Gasteiger partial charge in [0, 0.05) is 6.42 Å². The minimum atomic E-state index is 0.110. The molecule has 0 amide bonds. The fourth-order valence-electron chi connectivity index (χ4n) is 1.54. The van der Waals surface area contributed by atoms with Gasteiger partial charge in [0.1, 0.15) is 5.78 Å². The van der Waals surface area contributed by atoms with Crippen LogP contribution in [0.4, 0.5) is 0 Å². The van der Waals surface area contributed by atoms with Gasteiger partial charge in [-0.05, 0) is 12.3 Å². The predicted molar refractivity (Wildman–Crippen MR) is 39.5 cm³/mol. The van der Waals surface area contributed by atoms with E-state index in [0.717, 1.165) is 12.8 Å². The highest BCUT2D eigenvalue weighted by Gasteiger charge is 2.21. The predicted octanol–water partition coefficient (Wildman–Crippen LogP) is 1.71. The van der Waals surface area contributed by atoms with Crippen molar-refractivity contribution in [3.8, 4) is 0 Å². The molecule has 3 aliphatic carbocycles. The normalized spacial score (nSPS) is 36.6. The highest BCUT2D eigenvalue weighted by atomic mass is 16.1. The topological polar surface area (TPSA) is 17.1 Å². The molecule has 1 nitrogen and oxygen atoms in total. The van der Waals surface area contributed by atoms with E-state index < -0.39 is 0 Å². The molecular weight excluding hydrogens is 124 g/mol. The molecule has 0 fully saturated rings. The van der Waals surface area contributed by atoms with Crippen LogP contribution in [0.3, 0.4) is 0 Å². The molecule has 0 aromatic heterocycles. The van der Waals surface area contributed by atoms with E-state index in [0.29, 0.717) is 11.7 Å². The molecule has 0 aromatic rings. The van der Waals surface area contributed by atoms with Gasteiger partial charge in [-0.1, -0.05) is 24.3 Å². The molecule has 0 unspecified atom stereocenters. The van der Waals surface area contributed by atoms with Crippen molar-refractivity contribution >= 4 is 5.78 Å². The van der Waals surface area contributed by atoms with Crippen LogP contribution in [-0.2, 0) is 4.79 Å². The summed E-state index contributed by atoms with van der Waals surface area (Å²) in [6, 6.07) is 0. The quantitative estimate of drug-likeness (QED) is 0.461. The monoisotopic (exact) mass is 134 g/mol. The van der Waals surface area contributed by atoms with Crippen molar-refractivity contribution in [3.63, 3.8) is 0 Å². The Morgan fingerprint density at radius 1 is 1.20 bits per heavy atom. The van der Waals surface area contributed by atoms with E-state index in [1.54, 1.807) is 0 Å². The van der Waals surface area contributed by atoms with Gasteiger partial charge < -0.3 is 0 Å². The van der Waals surface area contributed by atoms with Crippen LogP contribution in [-0.4, -0.2) is 5.78 Å². The van der Waals surface area contributed by atoms with Crippen molar-refractivity contribution in [2.45, 2.75) is 12.8 Å². The third-order valence-corrected chi connectivity index (χ3v) is 2.23. The number of ketones is 1. The Hall–Kier alpha value is -0.850. The van der Waals surface area contributed by atoms with E-state index in [1.807, 2.05) is 12.2 Å². The van der Waals surface area contributed by atoms with Crippen LogP contribution in [0.25, 0.3) is 0 Å². The SMILES string of the molecule is O=C1CCC2C=CC1C=C2. The van der Waals surface area contributed by atoms with Crippen molar-refractivity contribution in [3.05, 3.63) is 24.3 Å². The van der Waals surface area contributed by atoms with Gasteiger partial charge in [0.15, 0.2) is 0 Å². The second-order valence-corrected chi connectivity index (χ2v) is 2.96. The number of carbonyl (C=O) groups excluding carboxylic acids is 1. The Bertz CT molecular complexity index is 199. The van der Waals surface area contributed by atoms with Crippen LogP contribution in [0.1, 0.15) is 12.8 Å². The van der Waals surface area contributed by atoms with Gasteiger partial charge >= 0.3 is 0 Å². The summed E-state index contributed by atoms with van der Waals surface area (Å²) in [6.45, 7) is 0. The van der Waals surface area contributed by atoms with Gasteiger partial charge in [-0.15, -0.1) is 0 Å². The van der Waals surface area contributed by atoms with Gasteiger partial charge in [-0.3, -0.25) is 4.79 Å². The third-order valence-electron chi connectivity index (χ3n) is 2.23. The van der Waals surface area contributed by atoms with Crippen molar-refractivity contribution in [1.82, 2.24) is 0 Å². The average Bonchev–Trinajstić information content (AvgIpc) is 2.24. The molecule has 0 aliphatic heterocycles. The molecule has 0 aromatic carbocycles. The first-order valence-electron chi connectivity index (χ1n) is 3.75. The molecule has 0 radical (unpaired) electrons. The van der Waals surface area contributed by atoms with Crippen molar-refractivity contribution in [2.75, 3.05) is 0 Å². The first-order valence-corrected chi connectivity index (χ1v) is 3.75. The Labute approximate surface area is 60.4 Å². The maximum Gasteiger partial charge on any atom is 0.143 e. The number of hydrogen-bond acceptors (Lipinski definition) is 1. The maximum atomic E-state index is 11.2. The fourth-order valence-corrected chi connectivity index (χ4v) is 1.54. The van der Waals surface area contributed by atoms with Gasteiger partial charge in [-0.25, -0.2) is 0 Å². The third kappa shape index (κ3) is 0.821. The maximum absolute atomic E-state index is 11.2. The number of fused-ring (bicyclic) bond motifs is 2. The lowest BCUT2D eigenvalue weighted by Gasteiger charge is -2.06. The molecule has 1 heteroatoms. The summed E-state index contributed by atoms with van der Waals surface area (Å²) in [4.78, 5) is 11.2. The molecule has 0 N–H and O–H groups in total. The molecule has 0 heterocycles. The summed E-state index contributed by atoms with van der Waals surface area (Å²) in [6.07, 6.45) is 10.1. The number of carbonyl (C=O) groups is 1. The van der Waals surface area contributed by atoms with E-state index in [9.17, 15) is 4.79 Å². The fraction of sp³-hybridized carbons (Fsp3) is 0.444. The lowest BCUT2D eigenvalue weighted by Crippen LogP contribution is -2.06. The summed E-state index contributed by atoms with van der Waals surface area (Å²) >= 11 is 0. The molecule has 10 heavy (non-hydrogen) atoms. The minimum Gasteiger partial charge on any atom is -0.299 e. The van der Waals surface area contributed by atoms with Gasteiger partial charge in [0.05, 0.1) is 5.92 Å². The van der Waals surface area contributed by atoms with E-state index in [2.05, 4.69) is 12.2 Å². The van der Waals surface area contributed by atoms with E-state index in [1.165, 1.54) is 0 Å². The minimum absolute atomic E-state index is 0.110. The highest BCUT2D eigenvalue weighted by Crippen LogP contribution is 2.25. The van der Waals surface area contributed by atoms with Crippen LogP contribution < -0.4 is 0 Å². The smallest absolute Gasteiger partial charge is 0.143 e.